The number of guanidine groups is 1. The summed E-state index contributed by atoms with van der Waals surface area (Å²) in [5.41, 5.74) is 0.945. The van der Waals surface area contributed by atoms with Gasteiger partial charge in [-0.15, -0.1) is 24.0 Å². The van der Waals surface area contributed by atoms with E-state index in [1.807, 2.05) is 26.8 Å². The summed E-state index contributed by atoms with van der Waals surface area (Å²) in [6.45, 7) is 9.24. The molecular weight excluding hydrogens is 435 g/mol. The molecule has 1 aromatic heterocycles. The van der Waals surface area contributed by atoms with Crippen LogP contribution in [0.4, 0.5) is 0 Å². The van der Waals surface area contributed by atoms with Gasteiger partial charge in [0.1, 0.15) is 6.54 Å². The van der Waals surface area contributed by atoms with E-state index in [-0.39, 0.29) is 35.9 Å². The number of halogens is 1. The predicted octanol–water partition coefficient (Wildman–Crippen LogP) is 2.60. The van der Waals surface area contributed by atoms with Crippen molar-refractivity contribution in [2.75, 3.05) is 26.2 Å². The highest BCUT2D eigenvalue weighted by Gasteiger charge is 2.27. The number of piperidine rings is 1. The summed E-state index contributed by atoms with van der Waals surface area (Å²) in [6, 6.07) is 1.94. The Labute approximate surface area is 166 Å². The van der Waals surface area contributed by atoms with Gasteiger partial charge in [-0.3, -0.25) is 4.79 Å². The Morgan fingerprint density at radius 3 is 2.68 bits per heavy atom. The summed E-state index contributed by atoms with van der Waals surface area (Å²) in [5.74, 6) is 1.55. The van der Waals surface area contributed by atoms with Crippen LogP contribution in [0.2, 0.25) is 0 Å². The molecule has 0 aromatic carbocycles. The first-order chi connectivity index (χ1) is 11.7. The lowest BCUT2D eigenvalue weighted by molar-refractivity contribution is -0.149. The van der Waals surface area contributed by atoms with Gasteiger partial charge in [-0.25, -0.2) is 4.99 Å². The molecule has 1 N–H and O–H groups in total. The smallest absolute Gasteiger partial charge is 0.309 e. The molecule has 2 heterocycles. The summed E-state index contributed by atoms with van der Waals surface area (Å²) in [6.07, 6.45) is 2.45. The molecule has 0 aliphatic carbocycles. The zero-order chi connectivity index (χ0) is 17.4. The summed E-state index contributed by atoms with van der Waals surface area (Å²) in [5, 5.41) is 7.30. The van der Waals surface area contributed by atoms with E-state index in [1.54, 1.807) is 0 Å². The Bertz CT molecular complexity index is 554. The molecule has 1 aliphatic heterocycles. The predicted molar refractivity (Wildman–Crippen MR) is 107 cm³/mol. The van der Waals surface area contributed by atoms with E-state index in [0.717, 1.165) is 56.3 Å². The van der Waals surface area contributed by atoms with Gasteiger partial charge in [0, 0.05) is 25.7 Å². The minimum atomic E-state index is -0.0761. The normalized spacial score (nSPS) is 15.6. The number of aliphatic imine (C=N–C) groups is 1. The summed E-state index contributed by atoms with van der Waals surface area (Å²) in [7, 11) is 0. The highest BCUT2D eigenvalue weighted by Crippen LogP contribution is 2.19. The van der Waals surface area contributed by atoms with E-state index in [0.29, 0.717) is 13.2 Å². The first kappa shape index (κ1) is 21.7. The summed E-state index contributed by atoms with van der Waals surface area (Å²) >= 11 is 0. The molecule has 1 aliphatic rings. The molecule has 2 rings (SSSR count). The Kier molecular flexibility index (Phi) is 9.84. The molecule has 0 bridgehead atoms. The maximum absolute atomic E-state index is 11.8. The van der Waals surface area contributed by atoms with Gasteiger partial charge in [-0.1, -0.05) is 12.1 Å². The largest absolute Gasteiger partial charge is 0.466 e. The third-order valence-electron chi connectivity index (χ3n) is 4.10. The quantitative estimate of drug-likeness (QED) is 0.302. The minimum absolute atomic E-state index is 0. The monoisotopic (exact) mass is 464 g/mol. The van der Waals surface area contributed by atoms with Crippen LogP contribution < -0.4 is 5.32 Å². The Hall–Kier alpha value is -1.32. The lowest BCUT2D eigenvalue weighted by atomic mass is 9.97. The number of esters is 1. The second kappa shape index (κ2) is 11.3. The van der Waals surface area contributed by atoms with Crippen molar-refractivity contribution in [3.63, 3.8) is 0 Å². The van der Waals surface area contributed by atoms with E-state index >= 15 is 0 Å². The van der Waals surface area contributed by atoms with Crippen molar-refractivity contribution < 1.29 is 14.1 Å². The number of hydrogen-bond donors (Lipinski definition) is 1. The van der Waals surface area contributed by atoms with Gasteiger partial charge in [0.25, 0.3) is 0 Å². The first-order valence-corrected chi connectivity index (χ1v) is 8.82. The number of carbonyl (C=O) groups is 1. The van der Waals surface area contributed by atoms with Crippen LogP contribution >= 0.6 is 24.0 Å². The molecule has 0 atom stereocenters. The van der Waals surface area contributed by atoms with Crippen LogP contribution in [0.3, 0.4) is 0 Å². The van der Waals surface area contributed by atoms with E-state index in [9.17, 15) is 4.79 Å². The number of carbonyl (C=O) groups excluding carboxylic acids is 1. The molecule has 0 saturated carbocycles. The van der Waals surface area contributed by atoms with Crippen LogP contribution in [0.1, 0.15) is 45.1 Å². The van der Waals surface area contributed by atoms with Gasteiger partial charge in [-0.05, 0) is 33.1 Å². The average Bonchev–Trinajstić information content (AvgIpc) is 3.07. The fourth-order valence-corrected chi connectivity index (χ4v) is 2.76. The van der Waals surface area contributed by atoms with Crippen molar-refractivity contribution in [2.24, 2.45) is 10.9 Å². The van der Waals surface area contributed by atoms with Crippen molar-refractivity contribution in [3.8, 4) is 0 Å². The molecule has 1 fully saturated rings. The van der Waals surface area contributed by atoms with Crippen molar-refractivity contribution >= 4 is 35.9 Å². The van der Waals surface area contributed by atoms with Crippen molar-refractivity contribution in [1.82, 2.24) is 15.4 Å². The molecule has 0 spiro atoms. The van der Waals surface area contributed by atoms with Gasteiger partial charge < -0.3 is 19.5 Å². The lowest BCUT2D eigenvalue weighted by Crippen LogP contribution is -2.46. The van der Waals surface area contributed by atoms with Crippen molar-refractivity contribution in [3.05, 3.63) is 17.5 Å². The SMILES string of the molecule is CCNC(=NCc1cc(CC)no1)N1CCC(C(=O)OCC)CC1.I. The van der Waals surface area contributed by atoms with Crippen LogP contribution in [0, 0.1) is 5.92 Å². The van der Waals surface area contributed by atoms with Gasteiger partial charge in [0.2, 0.25) is 0 Å². The van der Waals surface area contributed by atoms with Crippen LogP contribution in [0.25, 0.3) is 0 Å². The first-order valence-electron chi connectivity index (χ1n) is 8.82. The number of hydrogen-bond acceptors (Lipinski definition) is 5. The number of likely N-dealkylation sites (tertiary alicyclic amines) is 1. The number of aryl methyl sites for hydroxylation is 1. The molecule has 0 amide bonds. The third kappa shape index (κ3) is 6.48. The number of nitrogens with one attached hydrogen (secondary N) is 1. The Balaban J connectivity index is 0.00000312. The maximum Gasteiger partial charge on any atom is 0.309 e. The molecule has 142 valence electrons. The standard InChI is InChI=1S/C17H28N4O3.HI/c1-4-14-11-15(24-20-14)12-19-17(18-5-2)21-9-7-13(8-10-21)16(22)23-6-3;/h11,13H,4-10,12H2,1-3H3,(H,18,19);1H. The Morgan fingerprint density at radius 2 is 2.12 bits per heavy atom. The van der Waals surface area contributed by atoms with E-state index in [1.165, 1.54) is 0 Å². The number of rotatable bonds is 6. The third-order valence-corrected chi connectivity index (χ3v) is 4.10. The molecule has 8 heteroatoms. The second-order valence-corrected chi connectivity index (χ2v) is 5.82. The van der Waals surface area contributed by atoms with Crippen LogP contribution in [0.15, 0.2) is 15.6 Å². The number of nitrogens with zero attached hydrogens (tertiary/aromatic N) is 3. The van der Waals surface area contributed by atoms with Gasteiger partial charge >= 0.3 is 5.97 Å². The zero-order valence-corrected chi connectivity index (χ0v) is 17.6. The zero-order valence-electron chi connectivity index (χ0n) is 15.3. The maximum atomic E-state index is 11.8. The van der Waals surface area contributed by atoms with Gasteiger partial charge in [0.05, 0.1) is 18.2 Å². The van der Waals surface area contributed by atoms with Gasteiger partial charge in [-0.2, -0.15) is 0 Å². The molecule has 1 saturated heterocycles. The number of ether oxygens (including phenoxy) is 1. The number of aromatic nitrogens is 1. The topological polar surface area (TPSA) is 80.0 Å². The fraction of sp³-hybridized carbons (Fsp3) is 0.706. The van der Waals surface area contributed by atoms with Crippen LogP contribution in [-0.4, -0.2) is 48.2 Å². The molecule has 1 aromatic rings. The van der Waals surface area contributed by atoms with Crippen LogP contribution in [0.5, 0.6) is 0 Å². The average molecular weight is 464 g/mol. The minimum Gasteiger partial charge on any atom is -0.466 e. The fourth-order valence-electron chi connectivity index (χ4n) is 2.76. The van der Waals surface area contributed by atoms with E-state index in [4.69, 9.17) is 9.26 Å². The van der Waals surface area contributed by atoms with E-state index < -0.39 is 0 Å². The summed E-state index contributed by atoms with van der Waals surface area (Å²) < 4.78 is 10.4. The highest BCUT2D eigenvalue weighted by atomic mass is 127. The summed E-state index contributed by atoms with van der Waals surface area (Å²) in [4.78, 5) is 18.7. The van der Waals surface area contributed by atoms with Gasteiger partial charge in [0.15, 0.2) is 11.7 Å². The lowest BCUT2D eigenvalue weighted by Gasteiger charge is -2.33. The van der Waals surface area contributed by atoms with Crippen molar-refractivity contribution in [1.29, 1.82) is 0 Å². The van der Waals surface area contributed by atoms with Crippen molar-refractivity contribution in [2.45, 2.75) is 46.6 Å². The van der Waals surface area contributed by atoms with E-state index in [2.05, 4.69) is 20.4 Å². The highest BCUT2D eigenvalue weighted by molar-refractivity contribution is 14.0. The second-order valence-electron chi connectivity index (χ2n) is 5.82. The molecule has 0 radical (unpaired) electrons. The van der Waals surface area contributed by atoms with Crippen LogP contribution in [-0.2, 0) is 22.5 Å². The molecule has 7 nitrogen and oxygen atoms in total. The molecular formula is C17H29IN4O3. The molecule has 0 unspecified atom stereocenters. The molecule has 25 heavy (non-hydrogen) atoms. The Morgan fingerprint density at radius 1 is 1.40 bits per heavy atom.